The summed E-state index contributed by atoms with van der Waals surface area (Å²) in [5, 5.41) is 5.36. The Morgan fingerprint density at radius 3 is 2.88 bits per heavy atom. The van der Waals surface area contributed by atoms with E-state index >= 15 is 0 Å². The van der Waals surface area contributed by atoms with Crippen molar-refractivity contribution in [2.75, 3.05) is 13.7 Å². The van der Waals surface area contributed by atoms with Crippen molar-refractivity contribution in [1.29, 1.82) is 0 Å². The molecule has 0 aliphatic rings. The Labute approximate surface area is 106 Å². The first-order valence-electron chi connectivity index (χ1n) is 5.78. The van der Waals surface area contributed by atoms with E-state index in [2.05, 4.69) is 28.9 Å². The van der Waals surface area contributed by atoms with Gasteiger partial charge in [-0.2, -0.15) is 0 Å². The molecule has 0 aliphatic heterocycles. The molecular formula is C14H17NOS. The summed E-state index contributed by atoms with van der Waals surface area (Å²) >= 11 is 1.78. The van der Waals surface area contributed by atoms with Crippen LogP contribution < -0.4 is 10.1 Å². The fraction of sp³-hybridized carbons (Fsp3) is 0.286. The standard InChI is InChI=1S/C14H17NOS/c1-3-16-13-6-4-5-11(7-13)12-8-14(9-15-2)17-10-12/h4-8,10,15H,3,9H2,1-2H3. The summed E-state index contributed by atoms with van der Waals surface area (Å²) in [6, 6.07) is 10.5. The van der Waals surface area contributed by atoms with Gasteiger partial charge in [0.2, 0.25) is 0 Å². The first-order chi connectivity index (χ1) is 8.33. The number of ether oxygens (including phenoxy) is 1. The van der Waals surface area contributed by atoms with Gasteiger partial charge in [0.15, 0.2) is 0 Å². The Balaban J connectivity index is 2.22. The third-order valence-corrected chi connectivity index (χ3v) is 3.42. The van der Waals surface area contributed by atoms with E-state index in [0.717, 1.165) is 12.3 Å². The van der Waals surface area contributed by atoms with Gasteiger partial charge in [-0.3, -0.25) is 0 Å². The highest BCUT2D eigenvalue weighted by Crippen LogP contribution is 2.28. The van der Waals surface area contributed by atoms with Crippen LogP contribution in [0.5, 0.6) is 5.75 Å². The van der Waals surface area contributed by atoms with Crippen molar-refractivity contribution in [3.63, 3.8) is 0 Å². The molecule has 1 heterocycles. The zero-order chi connectivity index (χ0) is 12.1. The Kier molecular flexibility index (Phi) is 4.18. The van der Waals surface area contributed by atoms with E-state index in [1.807, 2.05) is 26.1 Å². The minimum absolute atomic E-state index is 0.706. The number of hydrogen-bond acceptors (Lipinski definition) is 3. The zero-order valence-corrected chi connectivity index (χ0v) is 11.0. The average Bonchev–Trinajstić information content (AvgIpc) is 2.79. The molecule has 1 N–H and O–H groups in total. The van der Waals surface area contributed by atoms with Crippen molar-refractivity contribution < 1.29 is 4.74 Å². The summed E-state index contributed by atoms with van der Waals surface area (Å²) in [4.78, 5) is 1.35. The first kappa shape index (κ1) is 12.1. The average molecular weight is 247 g/mol. The lowest BCUT2D eigenvalue weighted by Gasteiger charge is -2.04. The molecule has 17 heavy (non-hydrogen) atoms. The second-order valence-corrected chi connectivity index (χ2v) is 4.79. The van der Waals surface area contributed by atoms with Crippen molar-refractivity contribution in [2.45, 2.75) is 13.5 Å². The monoisotopic (exact) mass is 247 g/mol. The van der Waals surface area contributed by atoms with Crippen LogP contribution in [-0.2, 0) is 6.54 Å². The van der Waals surface area contributed by atoms with Crippen LogP contribution in [0.4, 0.5) is 0 Å². The highest BCUT2D eigenvalue weighted by molar-refractivity contribution is 7.10. The van der Waals surface area contributed by atoms with Crippen molar-refractivity contribution in [1.82, 2.24) is 5.32 Å². The van der Waals surface area contributed by atoms with Crippen LogP contribution in [0.2, 0.25) is 0 Å². The third kappa shape index (κ3) is 3.08. The Hall–Kier alpha value is -1.32. The molecule has 0 bridgehead atoms. The Morgan fingerprint density at radius 1 is 1.24 bits per heavy atom. The largest absolute Gasteiger partial charge is 0.494 e. The van der Waals surface area contributed by atoms with E-state index in [0.29, 0.717) is 6.61 Å². The maximum Gasteiger partial charge on any atom is 0.119 e. The topological polar surface area (TPSA) is 21.3 Å². The highest BCUT2D eigenvalue weighted by Gasteiger charge is 2.03. The van der Waals surface area contributed by atoms with Gasteiger partial charge in [0.05, 0.1) is 6.61 Å². The predicted octanol–water partition coefficient (Wildman–Crippen LogP) is 3.53. The van der Waals surface area contributed by atoms with Gasteiger partial charge < -0.3 is 10.1 Å². The van der Waals surface area contributed by atoms with Gasteiger partial charge in [0.25, 0.3) is 0 Å². The third-order valence-electron chi connectivity index (χ3n) is 2.48. The van der Waals surface area contributed by atoms with E-state index in [9.17, 15) is 0 Å². The summed E-state index contributed by atoms with van der Waals surface area (Å²) in [5.41, 5.74) is 2.48. The quantitative estimate of drug-likeness (QED) is 0.872. The van der Waals surface area contributed by atoms with Crippen LogP contribution >= 0.6 is 11.3 Å². The van der Waals surface area contributed by atoms with Gasteiger partial charge in [-0.1, -0.05) is 12.1 Å². The first-order valence-corrected chi connectivity index (χ1v) is 6.66. The van der Waals surface area contributed by atoms with Crippen molar-refractivity contribution >= 4 is 11.3 Å². The van der Waals surface area contributed by atoms with Gasteiger partial charge in [-0.05, 0) is 48.7 Å². The van der Waals surface area contributed by atoms with Crippen LogP contribution in [0.25, 0.3) is 11.1 Å². The molecule has 0 atom stereocenters. The van der Waals surface area contributed by atoms with E-state index in [1.54, 1.807) is 11.3 Å². The Morgan fingerprint density at radius 2 is 2.12 bits per heavy atom. The summed E-state index contributed by atoms with van der Waals surface area (Å²) < 4.78 is 5.51. The van der Waals surface area contributed by atoms with E-state index in [4.69, 9.17) is 4.74 Å². The van der Waals surface area contributed by atoms with Crippen molar-refractivity contribution in [3.8, 4) is 16.9 Å². The second kappa shape index (κ2) is 5.84. The highest BCUT2D eigenvalue weighted by atomic mass is 32.1. The molecule has 0 amide bonds. The lowest BCUT2D eigenvalue weighted by atomic mass is 10.1. The van der Waals surface area contributed by atoms with E-state index in [-0.39, 0.29) is 0 Å². The van der Waals surface area contributed by atoms with Gasteiger partial charge >= 0.3 is 0 Å². The maximum absolute atomic E-state index is 5.51. The van der Waals surface area contributed by atoms with Gasteiger partial charge in [-0.25, -0.2) is 0 Å². The van der Waals surface area contributed by atoms with E-state index < -0.39 is 0 Å². The molecule has 0 aliphatic carbocycles. The van der Waals surface area contributed by atoms with Crippen molar-refractivity contribution in [2.24, 2.45) is 0 Å². The molecule has 3 heteroatoms. The van der Waals surface area contributed by atoms with Crippen LogP contribution in [-0.4, -0.2) is 13.7 Å². The van der Waals surface area contributed by atoms with Crippen molar-refractivity contribution in [3.05, 3.63) is 40.6 Å². The minimum atomic E-state index is 0.706. The van der Waals surface area contributed by atoms with Crippen LogP contribution in [0.1, 0.15) is 11.8 Å². The Bertz CT molecular complexity index is 479. The fourth-order valence-corrected chi connectivity index (χ4v) is 2.64. The number of nitrogens with one attached hydrogen (secondary N) is 1. The number of thiophene rings is 1. The van der Waals surface area contributed by atoms with Crippen LogP contribution in [0.3, 0.4) is 0 Å². The molecular weight excluding hydrogens is 230 g/mol. The van der Waals surface area contributed by atoms with Crippen LogP contribution in [0.15, 0.2) is 35.7 Å². The second-order valence-electron chi connectivity index (χ2n) is 3.79. The minimum Gasteiger partial charge on any atom is -0.494 e. The molecule has 2 nitrogen and oxygen atoms in total. The summed E-state index contributed by atoms with van der Waals surface area (Å²) in [7, 11) is 1.97. The van der Waals surface area contributed by atoms with Gasteiger partial charge in [0, 0.05) is 11.4 Å². The molecule has 1 aromatic heterocycles. The number of benzene rings is 1. The van der Waals surface area contributed by atoms with Gasteiger partial charge in [0.1, 0.15) is 5.75 Å². The molecule has 0 spiro atoms. The zero-order valence-electron chi connectivity index (χ0n) is 10.2. The lowest BCUT2D eigenvalue weighted by molar-refractivity contribution is 0.340. The molecule has 0 fully saturated rings. The summed E-state index contributed by atoms with van der Waals surface area (Å²) in [6.07, 6.45) is 0. The molecule has 2 aromatic rings. The maximum atomic E-state index is 5.51. The molecule has 0 radical (unpaired) electrons. The molecule has 0 saturated carbocycles. The van der Waals surface area contributed by atoms with Gasteiger partial charge in [-0.15, -0.1) is 11.3 Å². The molecule has 2 rings (SSSR count). The SMILES string of the molecule is CCOc1cccc(-c2csc(CNC)c2)c1. The number of hydrogen-bond donors (Lipinski definition) is 1. The predicted molar refractivity (Wildman–Crippen MR) is 73.7 cm³/mol. The molecule has 0 saturated heterocycles. The fourth-order valence-electron chi connectivity index (χ4n) is 1.73. The molecule has 1 aromatic carbocycles. The molecule has 90 valence electrons. The summed E-state index contributed by atoms with van der Waals surface area (Å²) in [5.74, 6) is 0.936. The smallest absolute Gasteiger partial charge is 0.119 e. The summed E-state index contributed by atoms with van der Waals surface area (Å²) in [6.45, 7) is 3.64. The molecule has 0 unspecified atom stereocenters. The van der Waals surface area contributed by atoms with E-state index in [1.165, 1.54) is 16.0 Å². The van der Waals surface area contributed by atoms with Crippen LogP contribution in [0, 0.1) is 0 Å². The number of rotatable bonds is 5. The normalized spacial score (nSPS) is 10.5. The lowest BCUT2D eigenvalue weighted by Crippen LogP contribution is -2.02.